The molecule has 1 heterocycles. The van der Waals surface area contributed by atoms with E-state index in [2.05, 4.69) is 66.5 Å². The number of hydrogen-bond donors (Lipinski definition) is 1. The Bertz CT molecular complexity index is 1120. The summed E-state index contributed by atoms with van der Waals surface area (Å²) in [5.74, 6) is 1.46. The molecule has 0 spiro atoms. The first-order chi connectivity index (χ1) is 16.6. The van der Waals surface area contributed by atoms with Crippen LogP contribution >= 0.6 is 0 Å². The number of nitrogens with one attached hydrogen (secondary N) is 1. The summed E-state index contributed by atoms with van der Waals surface area (Å²) in [7, 11) is 3.32. The Balaban J connectivity index is 1.66. The second kappa shape index (κ2) is 10.7. The monoisotopic (exact) mass is 458 g/mol. The van der Waals surface area contributed by atoms with Crippen LogP contribution in [0.25, 0.3) is 0 Å². The Kier molecular flexibility index (Phi) is 7.53. The number of hydrogen-bond acceptors (Lipinski definition) is 4. The molecule has 1 aliphatic heterocycles. The number of rotatable bonds is 8. The Morgan fingerprint density at radius 3 is 2.21 bits per heavy atom. The van der Waals surface area contributed by atoms with Gasteiger partial charge in [0.05, 0.1) is 26.8 Å². The van der Waals surface area contributed by atoms with E-state index in [1.807, 2.05) is 18.2 Å². The summed E-state index contributed by atoms with van der Waals surface area (Å²) in [4.78, 5) is 15.6. The van der Waals surface area contributed by atoms with Crippen LogP contribution in [0.2, 0.25) is 0 Å². The van der Waals surface area contributed by atoms with Crippen LogP contribution in [0.15, 0.2) is 60.7 Å². The molecule has 0 bridgehead atoms. The first-order valence-electron chi connectivity index (χ1n) is 12.0. The molecule has 0 aromatic heterocycles. The summed E-state index contributed by atoms with van der Waals surface area (Å²) >= 11 is 0. The molecule has 34 heavy (non-hydrogen) atoms. The molecule has 5 nitrogen and oxygen atoms in total. The molecular formula is C29H34N2O3. The highest BCUT2D eigenvalue weighted by Crippen LogP contribution is 2.41. The van der Waals surface area contributed by atoms with Gasteiger partial charge in [0.1, 0.15) is 0 Å². The van der Waals surface area contributed by atoms with Crippen LogP contribution in [0.3, 0.4) is 0 Å². The van der Waals surface area contributed by atoms with E-state index in [1.54, 1.807) is 14.2 Å². The Morgan fingerprint density at radius 1 is 0.941 bits per heavy atom. The first-order valence-corrected chi connectivity index (χ1v) is 12.0. The predicted molar refractivity (Wildman–Crippen MR) is 137 cm³/mol. The molecular weight excluding hydrogens is 424 g/mol. The van der Waals surface area contributed by atoms with Crippen LogP contribution in [0, 0.1) is 0 Å². The summed E-state index contributed by atoms with van der Waals surface area (Å²) in [5.41, 5.74) is 6.87. The van der Waals surface area contributed by atoms with Crippen molar-refractivity contribution < 1.29 is 14.3 Å². The van der Waals surface area contributed by atoms with Gasteiger partial charge in [-0.25, -0.2) is 0 Å². The number of anilines is 1. The molecule has 1 amide bonds. The maximum Gasteiger partial charge on any atom is 0.238 e. The van der Waals surface area contributed by atoms with Gasteiger partial charge in [-0.15, -0.1) is 0 Å². The average molecular weight is 459 g/mol. The quantitative estimate of drug-likeness (QED) is 0.490. The molecule has 4 rings (SSSR count). The zero-order valence-electron chi connectivity index (χ0n) is 20.6. The third-order valence-electron chi connectivity index (χ3n) is 6.70. The Morgan fingerprint density at radius 2 is 1.59 bits per heavy atom. The fraction of sp³-hybridized carbons (Fsp3) is 0.345. The van der Waals surface area contributed by atoms with Crippen molar-refractivity contribution in [3.63, 3.8) is 0 Å². The lowest BCUT2D eigenvalue weighted by Gasteiger charge is -2.37. The molecule has 0 fully saturated rings. The highest BCUT2D eigenvalue weighted by molar-refractivity contribution is 5.94. The maximum atomic E-state index is 13.3. The molecule has 3 aromatic carbocycles. The summed E-state index contributed by atoms with van der Waals surface area (Å²) in [6.45, 7) is 5.35. The minimum atomic E-state index is -0.0393. The van der Waals surface area contributed by atoms with Crippen LogP contribution in [-0.2, 0) is 24.1 Å². The lowest BCUT2D eigenvalue weighted by Crippen LogP contribution is -2.41. The van der Waals surface area contributed by atoms with Crippen molar-refractivity contribution in [2.24, 2.45) is 0 Å². The topological polar surface area (TPSA) is 50.8 Å². The van der Waals surface area contributed by atoms with E-state index in [0.29, 0.717) is 12.3 Å². The van der Waals surface area contributed by atoms with E-state index < -0.39 is 0 Å². The standard InChI is InChI=1S/C29H34N2O3/c1-5-20-13-10-14-21(6-2)28(20)30-27(32)19-31-16-15-23-17-25(33-3)26(34-4)18-24(23)29(31)22-11-8-7-9-12-22/h7-14,17-18,29H,5-6,15-16,19H2,1-4H3,(H,30,32). The smallest absolute Gasteiger partial charge is 0.238 e. The number of methoxy groups -OCH3 is 2. The van der Waals surface area contributed by atoms with E-state index >= 15 is 0 Å². The zero-order chi connectivity index (χ0) is 24.1. The maximum absolute atomic E-state index is 13.3. The number of amides is 1. The third kappa shape index (κ3) is 4.80. The molecule has 1 aliphatic rings. The summed E-state index contributed by atoms with van der Waals surface area (Å²) in [6, 6.07) is 20.7. The molecule has 178 valence electrons. The normalized spacial score (nSPS) is 15.5. The largest absolute Gasteiger partial charge is 0.493 e. The number of benzene rings is 3. The van der Waals surface area contributed by atoms with Crippen LogP contribution in [0.1, 0.15) is 47.7 Å². The van der Waals surface area contributed by atoms with E-state index in [1.165, 1.54) is 16.7 Å². The Labute approximate surface area is 202 Å². The molecule has 5 heteroatoms. The molecule has 1 N–H and O–H groups in total. The van der Waals surface area contributed by atoms with E-state index in [9.17, 15) is 4.79 Å². The van der Waals surface area contributed by atoms with Crippen LogP contribution in [0.5, 0.6) is 11.5 Å². The van der Waals surface area contributed by atoms with Crippen molar-refractivity contribution >= 4 is 11.6 Å². The van der Waals surface area contributed by atoms with Gasteiger partial charge in [0.25, 0.3) is 0 Å². The van der Waals surface area contributed by atoms with Crippen LogP contribution in [-0.4, -0.2) is 38.1 Å². The molecule has 0 saturated heterocycles. The second-order valence-corrected chi connectivity index (χ2v) is 8.65. The number of carbonyl (C=O) groups is 1. The van der Waals surface area contributed by atoms with Crippen molar-refractivity contribution in [2.75, 3.05) is 32.6 Å². The minimum absolute atomic E-state index is 0.0143. The molecule has 0 saturated carbocycles. The van der Waals surface area contributed by atoms with E-state index in [-0.39, 0.29) is 11.9 Å². The lowest BCUT2D eigenvalue weighted by molar-refractivity contribution is -0.117. The molecule has 1 unspecified atom stereocenters. The van der Waals surface area contributed by atoms with E-state index in [0.717, 1.165) is 48.4 Å². The number of ether oxygens (including phenoxy) is 2. The van der Waals surface area contributed by atoms with Crippen molar-refractivity contribution in [2.45, 2.75) is 39.2 Å². The summed E-state index contributed by atoms with van der Waals surface area (Å²) in [5, 5.41) is 3.24. The van der Waals surface area contributed by atoms with Gasteiger partial charge >= 0.3 is 0 Å². The van der Waals surface area contributed by atoms with E-state index in [4.69, 9.17) is 9.47 Å². The third-order valence-corrected chi connectivity index (χ3v) is 6.70. The molecule has 0 radical (unpaired) electrons. The number of para-hydroxylation sites is 1. The van der Waals surface area contributed by atoms with Gasteiger partial charge < -0.3 is 14.8 Å². The highest BCUT2D eigenvalue weighted by atomic mass is 16.5. The van der Waals surface area contributed by atoms with Gasteiger partial charge in [-0.2, -0.15) is 0 Å². The van der Waals surface area contributed by atoms with Gasteiger partial charge in [0.2, 0.25) is 5.91 Å². The van der Waals surface area contributed by atoms with Crippen molar-refractivity contribution in [1.29, 1.82) is 0 Å². The highest BCUT2D eigenvalue weighted by Gasteiger charge is 2.31. The minimum Gasteiger partial charge on any atom is -0.493 e. The number of fused-ring (bicyclic) bond motifs is 1. The number of aryl methyl sites for hydroxylation is 2. The van der Waals surface area contributed by atoms with Crippen LogP contribution < -0.4 is 14.8 Å². The summed E-state index contributed by atoms with van der Waals surface area (Å²) < 4.78 is 11.2. The second-order valence-electron chi connectivity index (χ2n) is 8.65. The Hall–Kier alpha value is -3.31. The molecule has 0 aliphatic carbocycles. The van der Waals surface area contributed by atoms with Crippen LogP contribution in [0.4, 0.5) is 5.69 Å². The molecule has 3 aromatic rings. The predicted octanol–water partition coefficient (Wildman–Crippen LogP) is 5.41. The van der Waals surface area contributed by atoms with Gasteiger partial charge in [0.15, 0.2) is 11.5 Å². The average Bonchev–Trinajstić information content (AvgIpc) is 2.88. The first kappa shape index (κ1) is 23.8. The van der Waals surface area contributed by atoms with Gasteiger partial charge in [-0.05, 0) is 59.2 Å². The van der Waals surface area contributed by atoms with Crippen molar-refractivity contribution in [3.8, 4) is 11.5 Å². The molecule has 1 atom stereocenters. The number of carbonyl (C=O) groups excluding carboxylic acids is 1. The summed E-state index contributed by atoms with van der Waals surface area (Å²) in [6.07, 6.45) is 2.61. The van der Waals surface area contributed by atoms with Gasteiger partial charge in [-0.3, -0.25) is 9.69 Å². The van der Waals surface area contributed by atoms with Gasteiger partial charge in [-0.1, -0.05) is 62.4 Å². The van der Waals surface area contributed by atoms with Crippen molar-refractivity contribution in [1.82, 2.24) is 4.90 Å². The number of nitrogens with zero attached hydrogens (tertiary/aromatic N) is 1. The SMILES string of the molecule is CCc1cccc(CC)c1NC(=O)CN1CCc2cc(OC)c(OC)cc2C1c1ccccc1. The van der Waals surface area contributed by atoms with Crippen molar-refractivity contribution in [3.05, 3.63) is 88.5 Å². The van der Waals surface area contributed by atoms with Gasteiger partial charge in [0, 0.05) is 12.2 Å². The fourth-order valence-corrected chi connectivity index (χ4v) is 4.96. The lowest BCUT2D eigenvalue weighted by atomic mass is 9.87. The fourth-order valence-electron chi connectivity index (χ4n) is 4.96. The zero-order valence-corrected chi connectivity index (χ0v) is 20.6.